The minimum Gasteiger partial charge on any atom is -0.492 e. The van der Waals surface area contributed by atoms with E-state index in [0.717, 1.165) is 11.3 Å². The number of carbonyl (C=O) groups excluding carboxylic acids is 1. The minimum atomic E-state index is -0.785. The first kappa shape index (κ1) is 20.3. The molecule has 24 heavy (non-hydrogen) atoms. The Morgan fingerprint density at radius 2 is 2.21 bits per heavy atom. The number of rotatable bonds is 7. The van der Waals surface area contributed by atoms with E-state index in [-0.39, 0.29) is 30.3 Å². The van der Waals surface area contributed by atoms with Crippen molar-refractivity contribution in [1.82, 2.24) is 10.2 Å². The van der Waals surface area contributed by atoms with Crippen molar-refractivity contribution in [3.8, 4) is 5.75 Å². The van der Waals surface area contributed by atoms with E-state index in [0.29, 0.717) is 32.7 Å². The van der Waals surface area contributed by atoms with E-state index in [1.807, 2.05) is 36.1 Å². The number of nitrogens with zero attached hydrogens (tertiary/aromatic N) is 1. The van der Waals surface area contributed by atoms with Gasteiger partial charge in [-0.15, -0.1) is 12.4 Å². The molecule has 0 bridgehead atoms. The number of hydrogen-bond acceptors (Lipinski definition) is 4. The average molecular weight is 357 g/mol. The third-order valence-electron chi connectivity index (χ3n) is 4.16. The zero-order valence-electron chi connectivity index (χ0n) is 14.0. The fraction of sp³-hybridized carbons (Fsp3) is 0.529. The van der Waals surface area contributed by atoms with Crippen LogP contribution in [0.25, 0.3) is 0 Å². The number of carboxylic acids is 1. The quantitative estimate of drug-likeness (QED) is 0.727. The van der Waals surface area contributed by atoms with Gasteiger partial charge in [0, 0.05) is 6.54 Å². The van der Waals surface area contributed by atoms with Gasteiger partial charge in [0.05, 0.1) is 18.5 Å². The predicted octanol–water partition coefficient (Wildman–Crippen LogP) is 1.71. The Balaban J connectivity index is 0.00000288. The summed E-state index contributed by atoms with van der Waals surface area (Å²) >= 11 is 0. The van der Waals surface area contributed by atoms with Crippen molar-refractivity contribution in [1.29, 1.82) is 0 Å². The van der Waals surface area contributed by atoms with Gasteiger partial charge in [-0.05, 0) is 44.5 Å². The van der Waals surface area contributed by atoms with Gasteiger partial charge >= 0.3 is 5.97 Å². The molecule has 1 heterocycles. The molecule has 1 fully saturated rings. The second-order valence-electron chi connectivity index (χ2n) is 5.95. The number of carbonyl (C=O) groups is 2. The first-order valence-corrected chi connectivity index (χ1v) is 7.91. The van der Waals surface area contributed by atoms with Crippen LogP contribution in [-0.2, 0) is 9.59 Å². The van der Waals surface area contributed by atoms with Crippen molar-refractivity contribution in [3.63, 3.8) is 0 Å². The Morgan fingerprint density at radius 1 is 1.46 bits per heavy atom. The van der Waals surface area contributed by atoms with Gasteiger partial charge < -0.3 is 15.2 Å². The molecule has 134 valence electrons. The number of aliphatic carboxylic acids is 1. The van der Waals surface area contributed by atoms with Gasteiger partial charge in [-0.3, -0.25) is 14.5 Å². The minimum absolute atomic E-state index is 0. The molecule has 2 atom stereocenters. The lowest BCUT2D eigenvalue weighted by Crippen LogP contribution is -2.45. The molecular weight excluding hydrogens is 332 g/mol. The molecule has 0 radical (unpaired) electrons. The van der Waals surface area contributed by atoms with Gasteiger partial charge in [-0.25, -0.2) is 0 Å². The molecule has 2 rings (SSSR count). The monoisotopic (exact) mass is 356 g/mol. The highest BCUT2D eigenvalue weighted by Gasteiger charge is 2.32. The van der Waals surface area contributed by atoms with E-state index in [4.69, 9.17) is 9.84 Å². The van der Waals surface area contributed by atoms with Gasteiger partial charge in [-0.1, -0.05) is 12.1 Å². The fourth-order valence-electron chi connectivity index (χ4n) is 2.70. The highest BCUT2D eigenvalue weighted by Crippen LogP contribution is 2.18. The van der Waals surface area contributed by atoms with Crippen LogP contribution in [0, 0.1) is 12.8 Å². The van der Waals surface area contributed by atoms with E-state index >= 15 is 0 Å². The topological polar surface area (TPSA) is 78.9 Å². The largest absolute Gasteiger partial charge is 0.492 e. The van der Waals surface area contributed by atoms with Crippen LogP contribution in [0.1, 0.15) is 18.9 Å². The van der Waals surface area contributed by atoms with Gasteiger partial charge in [0.1, 0.15) is 12.4 Å². The number of carboxylic acid groups (broad SMARTS) is 1. The smallest absolute Gasteiger partial charge is 0.307 e. The van der Waals surface area contributed by atoms with E-state index in [2.05, 4.69) is 5.32 Å². The molecule has 1 aromatic rings. The predicted molar refractivity (Wildman–Crippen MR) is 93.7 cm³/mol. The Bertz CT molecular complexity index is 567. The van der Waals surface area contributed by atoms with Crippen LogP contribution in [0.4, 0.5) is 0 Å². The van der Waals surface area contributed by atoms with Crippen molar-refractivity contribution in [2.45, 2.75) is 26.3 Å². The maximum Gasteiger partial charge on any atom is 0.307 e. The van der Waals surface area contributed by atoms with Crippen LogP contribution < -0.4 is 10.1 Å². The highest BCUT2D eigenvalue weighted by molar-refractivity contribution is 5.85. The molecule has 1 aromatic carbocycles. The summed E-state index contributed by atoms with van der Waals surface area (Å²) in [6.07, 6.45) is 0.601. The molecule has 2 N–H and O–H groups in total. The first-order chi connectivity index (χ1) is 11.0. The fourth-order valence-corrected chi connectivity index (χ4v) is 2.70. The van der Waals surface area contributed by atoms with Crippen LogP contribution in [0.2, 0.25) is 0 Å². The van der Waals surface area contributed by atoms with Gasteiger partial charge in [0.25, 0.3) is 0 Å². The molecule has 1 aliphatic rings. The van der Waals surface area contributed by atoms with Crippen LogP contribution in [0.15, 0.2) is 24.3 Å². The number of ether oxygens (including phenoxy) is 1. The van der Waals surface area contributed by atoms with Gasteiger partial charge in [0.15, 0.2) is 0 Å². The van der Waals surface area contributed by atoms with Crippen molar-refractivity contribution >= 4 is 24.3 Å². The Labute approximate surface area is 148 Å². The molecule has 2 unspecified atom stereocenters. The summed E-state index contributed by atoms with van der Waals surface area (Å²) in [6, 6.07) is 7.43. The second kappa shape index (κ2) is 9.49. The molecule has 1 amide bonds. The molecule has 1 aliphatic heterocycles. The molecule has 6 nitrogen and oxygen atoms in total. The van der Waals surface area contributed by atoms with E-state index in [1.54, 1.807) is 6.92 Å². The Kier molecular flexibility index (Phi) is 8.01. The molecule has 0 aromatic heterocycles. The highest BCUT2D eigenvalue weighted by atomic mass is 35.5. The summed E-state index contributed by atoms with van der Waals surface area (Å²) in [7, 11) is 0. The Morgan fingerprint density at radius 3 is 2.83 bits per heavy atom. The van der Waals surface area contributed by atoms with Crippen molar-refractivity contribution in [2.75, 3.05) is 26.2 Å². The lowest BCUT2D eigenvalue weighted by molar-refractivity contribution is -0.141. The maximum atomic E-state index is 12.1. The first-order valence-electron chi connectivity index (χ1n) is 7.91. The summed E-state index contributed by atoms with van der Waals surface area (Å²) in [5, 5.41) is 11.8. The molecule has 1 saturated heterocycles. The lowest BCUT2D eigenvalue weighted by Gasteiger charge is -2.23. The Hall–Kier alpha value is -1.79. The molecule has 0 spiro atoms. The van der Waals surface area contributed by atoms with E-state index in [1.165, 1.54) is 0 Å². The zero-order chi connectivity index (χ0) is 16.8. The van der Waals surface area contributed by atoms with E-state index < -0.39 is 5.97 Å². The number of aryl methyl sites for hydroxylation is 1. The second-order valence-corrected chi connectivity index (χ2v) is 5.95. The third-order valence-corrected chi connectivity index (χ3v) is 4.16. The van der Waals surface area contributed by atoms with Crippen LogP contribution in [-0.4, -0.2) is 54.2 Å². The summed E-state index contributed by atoms with van der Waals surface area (Å²) < 4.78 is 5.58. The van der Waals surface area contributed by atoms with Crippen molar-refractivity contribution < 1.29 is 19.4 Å². The molecule has 0 aliphatic carbocycles. The van der Waals surface area contributed by atoms with Gasteiger partial charge in [-0.2, -0.15) is 0 Å². The summed E-state index contributed by atoms with van der Waals surface area (Å²) in [6.45, 7) is 5.71. The van der Waals surface area contributed by atoms with Crippen molar-refractivity contribution in [2.24, 2.45) is 5.92 Å². The standard InChI is InChI=1S/C17H24N2O4.ClH/c1-12-4-3-5-15(10-12)23-9-7-18-16(20)13(2)19-8-6-14(11-19)17(21)22;/h3-5,10,13-14H,6-9,11H2,1-2H3,(H,18,20)(H,21,22);1H. The van der Waals surface area contributed by atoms with Gasteiger partial charge in [0.2, 0.25) is 5.91 Å². The van der Waals surface area contributed by atoms with Crippen molar-refractivity contribution in [3.05, 3.63) is 29.8 Å². The normalized spacial score (nSPS) is 18.5. The van der Waals surface area contributed by atoms with E-state index in [9.17, 15) is 9.59 Å². The zero-order valence-corrected chi connectivity index (χ0v) is 14.8. The number of nitrogens with one attached hydrogen (secondary N) is 1. The van der Waals surface area contributed by atoms with Crippen LogP contribution >= 0.6 is 12.4 Å². The average Bonchev–Trinajstić information content (AvgIpc) is 3.01. The number of halogens is 1. The van der Waals surface area contributed by atoms with Crippen LogP contribution in [0.5, 0.6) is 5.75 Å². The molecule has 7 heteroatoms. The summed E-state index contributed by atoms with van der Waals surface area (Å²) in [4.78, 5) is 25.0. The number of hydrogen-bond donors (Lipinski definition) is 2. The summed E-state index contributed by atoms with van der Waals surface area (Å²) in [5.74, 6) is -0.457. The lowest BCUT2D eigenvalue weighted by atomic mass is 10.1. The number of amides is 1. The number of benzene rings is 1. The SMILES string of the molecule is Cc1cccc(OCCNC(=O)C(C)N2CCC(C(=O)O)C2)c1.Cl. The summed E-state index contributed by atoms with van der Waals surface area (Å²) in [5.41, 5.74) is 1.13. The third kappa shape index (κ3) is 5.69. The van der Waals surface area contributed by atoms with Crippen LogP contribution in [0.3, 0.4) is 0 Å². The number of likely N-dealkylation sites (tertiary alicyclic amines) is 1. The maximum absolute atomic E-state index is 12.1. The molecular formula is C17H25ClN2O4. The molecule has 0 saturated carbocycles.